The fourth-order valence-corrected chi connectivity index (χ4v) is 2.66. The first-order valence-corrected chi connectivity index (χ1v) is 6.75. The van der Waals surface area contributed by atoms with Gasteiger partial charge in [0.25, 0.3) is 5.91 Å². The summed E-state index contributed by atoms with van der Waals surface area (Å²) in [6.07, 6.45) is 0.885. The Morgan fingerprint density at radius 2 is 2.20 bits per heavy atom. The van der Waals surface area contributed by atoms with E-state index in [4.69, 9.17) is 10.5 Å². The van der Waals surface area contributed by atoms with Gasteiger partial charge in [-0.1, -0.05) is 12.1 Å². The van der Waals surface area contributed by atoms with E-state index in [1.54, 1.807) is 6.07 Å². The van der Waals surface area contributed by atoms with Crippen LogP contribution in [0, 0.1) is 0 Å². The highest BCUT2D eigenvalue weighted by Crippen LogP contribution is 2.31. The van der Waals surface area contributed by atoms with Crippen LogP contribution in [0.1, 0.15) is 12.8 Å². The van der Waals surface area contributed by atoms with Gasteiger partial charge in [0.2, 0.25) is 5.91 Å². The Kier molecular flexibility index (Phi) is 3.42. The molecule has 1 aromatic carbocycles. The van der Waals surface area contributed by atoms with Gasteiger partial charge in [-0.05, 0) is 25.0 Å². The third-order valence-corrected chi connectivity index (χ3v) is 3.68. The number of rotatable bonds is 2. The van der Waals surface area contributed by atoms with Crippen LogP contribution >= 0.6 is 0 Å². The summed E-state index contributed by atoms with van der Waals surface area (Å²) in [6, 6.07) is 7.27. The molecule has 3 N–H and O–H groups in total. The molecular weight excluding hydrogens is 258 g/mol. The summed E-state index contributed by atoms with van der Waals surface area (Å²) in [4.78, 5) is 25.8. The topological polar surface area (TPSA) is 84.7 Å². The Morgan fingerprint density at radius 3 is 2.95 bits per heavy atom. The lowest BCUT2D eigenvalue weighted by molar-refractivity contribution is -0.130. The number of carbonyl (C=O) groups excluding carboxylic acids is 2. The number of carbonyl (C=O) groups is 2. The van der Waals surface area contributed by atoms with E-state index in [1.165, 1.54) is 4.90 Å². The van der Waals surface area contributed by atoms with Crippen LogP contribution in [0.4, 0.5) is 11.4 Å². The van der Waals surface area contributed by atoms with E-state index in [1.807, 2.05) is 18.2 Å². The number of anilines is 2. The monoisotopic (exact) mass is 275 g/mol. The van der Waals surface area contributed by atoms with Gasteiger partial charge >= 0.3 is 0 Å². The molecule has 0 saturated carbocycles. The molecular formula is C14H17N3O3. The van der Waals surface area contributed by atoms with Gasteiger partial charge < -0.3 is 15.8 Å². The second kappa shape index (κ2) is 5.22. The zero-order chi connectivity index (χ0) is 14.1. The summed E-state index contributed by atoms with van der Waals surface area (Å²) in [5, 5.41) is 2.76. The Balaban J connectivity index is 1.83. The number of benzene rings is 1. The number of para-hydroxylation sites is 2. The number of hydrogen-bond donors (Lipinski definition) is 2. The van der Waals surface area contributed by atoms with Gasteiger partial charge in [-0.2, -0.15) is 0 Å². The van der Waals surface area contributed by atoms with Gasteiger partial charge in [-0.3, -0.25) is 14.5 Å². The Bertz CT molecular complexity index is 546. The fraction of sp³-hybridized carbons (Fsp3) is 0.429. The summed E-state index contributed by atoms with van der Waals surface area (Å²) in [5.74, 6) is -0.353. The Morgan fingerprint density at radius 1 is 1.40 bits per heavy atom. The Labute approximate surface area is 116 Å². The smallest absolute Gasteiger partial charge is 0.256 e. The van der Waals surface area contributed by atoms with Crippen LogP contribution in [0.25, 0.3) is 0 Å². The van der Waals surface area contributed by atoms with E-state index in [2.05, 4.69) is 5.32 Å². The van der Waals surface area contributed by atoms with Crippen LogP contribution in [-0.4, -0.2) is 37.1 Å². The van der Waals surface area contributed by atoms with Gasteiger partial charge in [0, 0.05) is 6.54 Å². The molecule has 2 aliphatic heterocycles. The summed E-state index contributed by atoms with van der Waals surface area (Å²) in [6.45, 7) is 0.448. The van der Waals surface area contributed by atoms with Crippen molar-refractivity contribution >= 4 is 23.2 Å². The van der Waals surface area contributed by atoms with Crippen LogP contribution in [0.15, 0.2) is 24.3 Å². The highest BCUT2D eigenvalue weighted by Gasteiger charge is 2.36. The number of fused-ring (bicyclic) bond motifs is 1. The van der Waals surface area contributed by atoms with Crippen molar-refractivity contribution in [2.45, 2.75) is 25.0 Å². The van der Waals surface area contributed by atoms with Crippen molar-refractivity contribution in [1.82, 2.24) is 0 Å². The maximum Gasteiger partial charge on any atom is 0.256 e. The molecule has 1 saturated heterocycles. The van der Waals surface area contributed by atoms with Gasteiger partial charge in [0.15, 0.2) is 0 Å². The highest BCUT2D eigenvalue weighted by molar-refractivity contribution is 6.11. The average Bonchev–Trinajstić information content (AvgIpc) is 2.94. The summed E-state index contributed by atoms with van der Waals surface area (Å²) >= 11 is 0. The lowest BCUT2D eigenvalue weighted by Crippen LogP contribution is -2.46. The van der Waals surface area contributed by atoms with Gasteiger partial charge in [0.05, 0.1) is 17.5 Å². The number of hydrogen-bond acceptors (Lipinski definition) is 4. The average molecular weight is 275 g/mol. The summed E-state index contributed by atoms with van der Waals surface area (Å²) < 4.78 is 5.63. The molecule has 2 amide bonds. The normalized spacial score (nSPS) is 25.2. The van der Waals surface area contributed by atoms with Crippen molar-refractivity contribution < 1.29 is 14.3 Å². The van der Waals surface area contributed by atoms with E-state index in [9.17, 15) is 9.59 Å². The zero-order valence-electron chi connectivity index (χ0n) is 11.0. The van der Waals surface area contributed by atoms with Crippen molar-refractivity contribution in [1.29, 1.82) is 0 Å². The maximum absolute atomic E-state index is 12.6. The molecule has 20 heavy (non-hydrogen) atoms. The third kappa shape index (κ3) is 2.28. The fourth-order valence-electron chi connectivity index (χ4n) is 2.66. The standard InChI is InChI=1S/C14H17N3O3/c15-7-9-5-6-12(20-9)14(19)17-8-13(18)16-10-3-1-2-4-11(10)17/h1-4,9,12H,5-8,15H2,(H,16,18). The largest absolute Gasteiger partial charge is 0.364 e. The third-order valence-electron chi connectivity index (χ3n) is 3.68. The molecule has 6 heteroatoms. The molecule has 2 aliphatic rings. The molecule has 0 radical (unpaired) electrons. The van der Waals surface area contributed by atoms with Crippen molar-refractivity contribution in [2.75, 3.05) is 23.3 Å². The molecule has 0 aliphatic carbocycles. The first kappa shape index (κ1) is 13.1. The molecule has 2 unspecified atom stereocenters. The molecule has 0 bridgehead atoms. The van der Waals surface area contributed by atoms with Crippen LogP contribution in [0.2, 0.25) is 0 Å². The summed E-state index contributed by atoms with van der Waals surface area (Å²) in [7, 11) is 0. The predicted octanol–water partition coefficient (Wildman–Crippen LogP) is 0.478. The minimum absolute atomic E-state index is 0.0308. The van der Waals surface area contributed by atoms with Crippen molar-refractivity contribution in [3.63, 3.8) is 0 Å². The van der Waals surface area contributed by atoms with Crippen LogP contribution in [0.3, 0.4) is 0 Å². The van der Waals surface area contributed by atoms with Gasteiger partial charge in [-0.25, -0.2) is 0 Å². The number of nitrogens with one attached hydrogen (secondary N) is 1. The van der Waals surface area contributed by atoms with Crippen LogP contribution in [0.5, 0.6) is 0 Å². The Hall–Kier alpha value is -1.92. The molecule has 3 rings (SSSR count). The molecule has 106 valence electrons. The van der Waals surface area contributed by atoms with E-state index in [0.717, 1.165) is 12.1 Å². The molecule has 0 aromatic heterocycles. The van der Waals surface area contributed by atoms with Gasteiger partial charge in [-0.15, -0.1) is 0 Å². The quantitative estimate of drug-likeness (QED) is 0.822. The zero-order valence-corrected chi connectivity index (χ0v) is 11.0. The van der Waals surface area contributed by atoms with E-state index in [0.29, 0.717) is 18.7 Å². The number of amides is 2. The first-order valence-electron chi connectivity index (χ1n) is 6.75. The SMILES string of the molecule is NCC1CCC(C(=O)N2CC(=O)Nc3ccccc32)O1. The number of ether oxygens (including phenoxy) is 1. The van der Waals surface area contributed by atoms with E-state index < -0.39 is 6.10 Å². The van der Waals surface area contributed by atoms with Gasteiger partial charge in [0.1, 0.15) is 12.6 Å². The predicted molar refractivity (Wildman–Crippen MR) is 74.4 cm³/mol. The van der Waals surface area contributed by atoms with E-state index in [-0.39, 0.29) is 24.5 Å². The minimum Gasteiger partial charge on any atom is -0.364 e. The number of nitrogens with two attached hydrogens (primary N) is 1. The lowest BCUT2D eigenvalue weighted by Gasteiger charge is -2.30. The highest BCUT2D eigenvalue weighted by atomic mass is 16.5. The first-order chi connectivity index (χ1) is 9.69. The lowest BCUT2D eigenvalue weighted by atomic mass is 10.1. The number of nitrogens with zero attached hydrogens (tertiary/aromatic N) is 1. The molecule has 1 fully saturated rings. The minimum atomic E-state index is -0.498. The molecule has 0 spiro atoms. The second-order valence-corrected chi connectivity index (χ2v) is 5.05. The van der Waals surface area contributed by atoms with Crippen molar-refractivity contribution in [3.8, 4) is 0 Å². The molecule has 2 atom stereocenters. The molecule has 2 heterocycles. The van der Waals surface area contributed by atoms with Crippen LogP contribution < -0.4 is 16.0 Å². The van der Waals surface area contributed by atoms with Crippen LogP contribution in [-0.2, 0) is 14.3 Å². The van der Waals surface area contributed by atoms with Crippen molar-refractivity contribution in [3.05, 3.63) is 24.3 Å². The van der Waals surface area contributed by atoms with Crippen molar-refractivity contribution in [2.24, 2.45) is 5.73 Å². The molecule has 6 nitrogen and oxygen atoms in total. The van der Waals surface area contributed by atoms with E-state index >= 15 is 0 Å². The second-order valence-electron chi connectivity index (χ2n) is 5.05. The molecule has 1 aromatic rings. The summed E-state index contributed by atoms with van der Waals surface area (Å²) in [5.41, 5.74) is 6.94. The maximum atomic E-state index is 12.6.